The Bertz CT molecular complexity index is 547. The Morgan fingerprint density at radius 1 is 1.35 bits per heavy atom. The van der Waals surface area contributed by atoms with Gasteiger partial charge in [0.1, 0.15) is 18.2 Å². The lowest BCUT2D eigenvalue weighted by Gasteiger charge is -2.38. The van der Waals surface area contributed by atoms with Crippen LogP contribution in [0.5, 0.6) is 5.75 Å². The van der Waals surface area contributed by atoms with E-state index < -0.39 is 18.5 Å². The van der Waals surface area contributed by atoms with Crippen molar-refractivity contribution in [1.29, 1.82) is 0 Å². The molecular formula is C15H19F3N2O3. The Morgan fingerprint density at radius 2 is 2.00 bits per heavy atom. The summed E-state index contributed by atoms with van der Waals surface area (Å²) in [6.07, 6.45) is -0.564. The Labute approximate surface area is 132 Å². The average molecular weight is 332 g/mol. The molecule has 5 nitrogen and oxygen atoms in total. The van der Waals surface area contributed by atoms with Crippen LogP contribution in [-0.4, -0.2) is 42.8 Å². The van der Waals surface area contributed by atoms with Gasteiger partial charge in [-0.3, -0.25) is 0 Å². The molecule has 1 aromatic carbocycles. The van der Waals surface area contributed by atoms with E-state index in [9.17, 15) is 18.0 Å². The van der Waals surface area contributed by atoms with E-state index in [1.54, 1.807) is 4.90 Å². The van der Waals surface area contributed by atoms with E-state index in [2.05, 4.69) is 10.1 Å². The monoisotopic (exact) mass is 332 g/mol. The van der Waals surface area contributed by atoms with Crippen LogP contribution in [0.25, 0.3) is 0 Å². The molecule has 0 spiro atoms. The molecule has 0 radical (unpaired) electrons. The van der Waals surface area contributed by atoms with Gasteiger partial charge < -0.3 is 19.7 Å². The fourth-order valence-corrected chi connectivity index (χ4v) is 2.54. The number of amides is 1. The van der Waals surface area contributed by atoms with Crippen molar-refractivity contribution in [2.75, 3.05) is 13.1 Å². The van der Waals surface area contributed by atoms with Crippen molar-refractivity contribution in [3.63, 3.8) is 0 Å². The predicted molar refractivity (Wildman–Crippen MR) is 76.8 cm³/mol. The number of carbonyl (C=O) groups is 1. The fourth-order valence-electron chi connectivity index (χ4n) is 2.54. The third-order valence-electron chi connectivity index (χ3n) is 3.63. The first-order valence-electron chi connectivity index (χ1n) is 7.27. The molecular weight excluding hydrogens is 313 g/mol. The number of hydrogen-bond donors (Lipinski definition) is 1. The number of hydrogen-bond acceptors (Lipinski definition) is 4. The molecule has 1 aromatic rings. The molecule has 0 saturated carbocycles. The molecule has 1 aliphatic rings. The summed E-state index contributed by atoms with van der Waals surface area (Å²) in [7, 11) is 0. The van der Waals surface area contributed by atoms with Crippen LogP contribution in [0.15, 0.2) is 18.2 Å². The van der Waals surface area contributed by atoms with Gasteiger partial charge in [-0.25, -0.2) is 9.18 Å². The number of piperazine rings is 1. The summed E-state index contributed by atoms with van der Waals surface area (Å²) in [4.78, 5) is 13.7. The highest BCUT2D eigenvalue weighted by atomic mass is 19.3. The standard InChI is InChI=1S/C15H19F3N2O3/c1-9-6-19-7-10(2)20(9)15(21)22-8-11-5-12(23-14(17)18)3-4-13(11)16/h3-5,9-10,14,19H,6-8H2,1-2H3. The third kappa shape index (κ3) is 4.51. The topological polar surface area (TPSA) is 50.8 Å². The quantitative estimate of drug-likeness (QED) is 0.921. The van der Waals surface area contributed by atoms with Crippen molar-refractivity contribution < 1.29 is 27.4 Å². The molecule has 2 atom stereocenters. The number of nitrogens with zero attached hydrogens (tertiary/aromatic N) is 1. The molecule has 128 valence electrons. The average Bonchev–Trinajstić information content (AvgIpc) is 2.47. The van der Waals surface area contributed by atoms with Crippen LogP contribution < -0.4 is 10.1 Å². The largest absolute Gasteiger partial charge is 0.444 e. The highest BCUT2D eigenvalue weighted by Gasteiger charge is 2.30. The number of nitrogens with one attached hydrogen (secondary N) is 1. The van der Waals surface area contributed by atoms with E-state index in [0.717, 1.165) is 18.2 Å². The maximum absolute atomic E-state index is 13.7. The summed E-state index contributed by atoms with van der Waals surface area (Å²) in [5.74, 6) is -0.836. The molecule has 0 bridgehead atoms. The van der Waals surface area contributed by atoms with Crippen molar-refractivity contribution in [3.8, 4) is 5.75 Å². The first kappa shape index (κ1) is 17.4. The molecule has 1 amide bonds. The summed E-state index contributed by atoms with van der Waals surface area (Å²) < 4.78 is 47.4. The number of carbonyl (C=O) groups excluding carboxylic acids is 1. The van der Waals surface area contributed by atoms with Crippen LogP contribution in [0.1, 0.15) is 19.4 Å². The fraction of sp³-hybridized carbons (Fsp3) is 0.533. The van der Waals surface area contributed by atoms with Gasteiger partial charge in [0.05, 0.1) is 0 Å². The van der Waals surface area contributed by atoms with Crippen LogP contribution in [0, 0.1) is 5.82 Å². The number of alkyl halides is 2. The second kappa shape index (κ2) is 7.54. The first-order chi connectivity index (χ1) is 10.9. The highest BCUT2D eigenvalue weighted by Crippen LogP contribution is 2.20. The Morgan fingerprint density at radius 3 is 2.61 bits per heavy atom. The number of ether oxygens (including phenoxy) is 2. The van der Waals surface area contributed by atoms with Gasteiger partial charge in [-0.1, -0.05) is 0 Å². The number of rotatable bonds is 4. The maximum atomic E-state index is 13.7. The van der Waals surface area contributed by atoms with Crippen molar-refractivity contribution in [2.24, 2.45) is 0 Å². The smallest absolute Gasteiger partial charge is 0.410 e. The molecule has 1 N–H and O–H groups in total. The van der Waals surface area contributed by atoms with Crippen molar-refractivity contribution in [3.05, 3.63) is 29.6 Å². The molecule has 1 fully saturated rings. The second-order valence-electron chi connectivity index (χ2n) is 5.45. The van der Waals surface area contributed by atoms with Gasteiger partial charge in [0, 0.05) is 30.7 Å². The molecule has 2 unspecified atom stereocenters. The maximum Gasteiger partial charge on any atom is 0.410 e. The molecule has 8 heteroatoms. The van der Waals surface area contributed by atoms with Gasteiger partial charge in [0.25, 0.3) is 0 Å². The van der Waals surface area contributed by atoms with Crippen LogP contribution in [0.4, 0.5) is 18.0 Å². The van der Waals surface area contributed by atoms with Crippen molar-refractivity contribution in [2.45, 2.75) is 39.1 Å². The minimum Gasteiger partial charge on any atom is -0.444 e. The lowest BCUT2D eigenvalue weighted by Crippen LogP contribution is -2.57. The minimum absolute atomic E-state index is 0.0214. The SMILES string of the molecule is CC1CNCC(C)N1C(=O)OCc1cc(OC(F)F)ccc1F. The summed E-state index contributed by atoms with van der Waals surface area (Å²) >= 11 is 0. The molecule has 1 heterocycles. The van der Waals surface area contributed by atoms with E-state index in [1.165, 1.54) is 0 Å². The van der Waals surface area contributed by atoms with Crippen LogP contribution in [-0.2, 0) is 11.3 Å². The van der Waals surface area contributed by atoms with Gasteiger partial charge in [0.2, 0.25) is 0 Å². The lowest BCUT2D eigenvalue weighted by molar-refractivity contribution is -0.0500. The van der Waals surface area contributed by atoms with E-state index in [-0.39, 0.29) is 30.0 Å². The zero-order valence-electron chi connectivity index (χ0n) is 12.9. The zero-order valence-corrected chi connectivity index (χ0v) is 12.9. The van der Waals surface area contributed by atoms with Crippen LogP contribution in [0.3, 0.4) is 0 Å². The second-order valence-corrected chi connectivity index (χ2v) is 5.45. The zero-order chi connectivity index (χ0) is 17.0. The lowest BCUT2D eigenvalue weighted by atomic mass is 10.1. The highest BCUT2D eigenvalue weighted by molar-refractivity contribution is 5.68. The van der Waals surface area contributed by atoms with Gasteiger partial charge in [-0.15, -0.1) is 0 Å². The van der Waals surface area contributed by atoms with Crippen molar-refractivity contribution >= 4 is 6.09 Å². The number of benzene rings is 1. The normalized spacial score (nSPS) is 21.4. The molecule has 0 aliphatic carbocycles. The number of halogens is 3. The van der Waals surface area contributed by atoms with E-state index in [4.69, 9.17) is 4.74 Å². The van der Waals surface area contributed by atoms with Gasteiger partial charge >= 0.3 is 12.7 Å². The molecule has 1 saturated heterocycles. The van der Waals surface area contributed by atoms with Gasteiger partial charge in [-0.05, 0) is 32.0 Å². The van der Waals surface area contributed by atoms with Crippen LogP contribution >= 0.6 is 0 Å². The summed E-state index contributed by atoms with van der Waals surface area (Å²) in [5, 5.41) is 3.18. The minimum atomic E-state index is -3.00. The molecule has 23 heavy (non-hydrogen) atoms. The van der Waals surface area contributed by atoms with E-state index >= 15 is 0 Å². The van der Waals surface area contributed by atoms with E-state index in [0.29, 0.717) is 13.1 Å². The van der Waals surface area contributed by atoms with Gasteiger partial charge in [0.15, 0.2) is 0 Å². The van der Waals surface area contributed by atoms with Crippen LogP contribution in [0.2, 0.25) is 0 Å². The predicted octanol–water partition coefficient (Wildman–Crippen LogP) is 2.75. The molecule has 2 rings (SSSR count). The Kier molecular flexibility index (Phi) is 5.70. The summed E-state index contributed by atoms with van der Waals surface area (Å²) in [5.41, 5.74) is -0.0214. The first-order valence-corrected chi connectivity index (χ1v) is 7.27. The summed E-state index contributed by atoms with van der Waals surface area (Å²) in [6.45, 7) is 1.69. The molecule has 0 aromatic heterocycles. The Hall–Kier alpha value is -1.96. The van der Waals surface area contributed by atoms with E-state index in [1.807, 2.05) is 13.8 Å². The summed E-state index contributed by atoms with van der Waals surface area (Å²) in [6, 6.07) is 3.08. The Balaban J connectivity index is 2.00. The molecule has 1 aliphatic heterocycles. The third-order valence-corrected chi connectivity index (χ3v) is 3.63. The van der Waals surface area contributed by atoms with Crippen molar-refractivity contribution in [1.82, 2.24) is 10.2 Å². The van der Waals surface area contributed by atoms with Gasteiger partial charge in [-0.2, -0.15) is 8.78 Å².